The number of halogens is 1. The predicted molar refractivity (Wildman–Crippen MR) is 142 cm³/mol. The number of hydrogen-bond donors (Lipinski definition) is 0. The van der Waals surface area contributed by atoms with E-state index in [0.717, 1.165) is 50.2 Å². The molecule has 3 aromatic carbocycles. The molecule has 6 nitrogen and oxygen atoms in total. The van der Waals surface area contributed by atoms with Gasteiger partial charge in [0.25, 0.3) is 0 Å². The fourth-order valence-electron chi connectivity index (χ4n) is 5.10. The first-order valence-corrected chi connectivity index (χ1v) is 12.5. The minimum absolute atomic E-state index is 0.0936. The van der Waals surface area contributed by atoms with Gasteiger partial charge in [-0.3, -0.25) is 9.69 Å². The van der Waals surface area contributed by atoms with E-state index in [9.17, 15) is 9.18 Å². The molecule has 37 heavy (non-hydrogen) atoms. The van der Waals surface area contributed by atoms with Gasteiger partial charge in [0.1, 0.15) is 11.6 Å². The van der Waals surface area contributed by atoms with Crippen LogP contribution >= 0.6 is 0 Å². The van der Waals surface area contributed by atoms with Gasteiger partial charge >= 0.3 is 0 Å². The van der Waals surface area contributed by atoms with E-state index < -0.39 is 0 Å². The molecular formula is C30H35FN2O4. The summed E-state index contributed by atoms with van der Waals surface area (Å²) in [4.78, 5) is 15.0. The first kappa shape index (κ1) is 26.5. The molecule has 1 unspecified atom stereocenters. The lowest BCUT2D eigenvalue weighted by molar-refractivity contribution is -0.120. The standard InChI is InChI=1S/C17H18FNO.C13H17NO3/c1-20-17-8-4-7-16(18)15(17)12-19-10-9-13-5-2-3-6-14(13)11-19;1-9-11-7-13(17-3)12(16-2)6-10(11)4-5-14(9)8-15/h2-8H,9-12H2,1H3;6-9H,4-5H2,1-3H3. The molecule has 2 aliphatic rings. The SMILES string of the molecule is COc1cc2c(cc1OC)C(C)N(C=O)CC2.COc1cccc(F)c1CN1CCc2ccccc2C1. The van der Waals surface area contributed by atoms with Crippen LogP contribution in [0.2, 0.25) is 0 Å². The molecule has 0 saturated carbocycles. The van der Waals surface area contributed by atoms with Gasteiger partial charge in [-0.15, -0.1) is 0 Å². The lowest BCUT2D eigenvalue weighted by Gasteiger charge is -2.32. The molecule has 2 aliphatic heterocycles. The van der Waals surface area contributed by atoms with Crippen LogP contribution in [0.5, 0.6) is 17.2 Å². The van der Waals surface area contributed by atoms with Gasteiger partial charge in [0.05, 0.1) is 27.4 Å². The van der Waals surface area contributed by atoms with Crippen molar-refractivity contribution in [2.45, 2.75) is 38.9 Å². The van der Waals surface area contributed by atoms with Crippen molar-refractivity contribution >= 4 is 6.41 Å². The summed E-state index contributed by atoms with van der Waals surface area (Å²) >= 11 is 0. The molecule has 196 valence electrons. The number of fused-ring (bicyclic) bond motifs is 2. The summed E-state index contributed by atoms with van der Waals surface area (Å²) in [7, 11) is 4.84. The van der Waals surface area contributed by atoms with E-state index in [4.69, 9.17) is 14.2 Å². The van der Waals surface area contributed by atoms with Crippen LogP contribution in [-0.2, 0) is 30.7 Å². The quantitative estimate of drug-likeness (QED) is 0.432. The molecule has 7 heteroatoms. The van der Waals surface area contributed by atoms with E-state index in [2.05, 4.69) is 29.2 Å². The summed E-state index contributed by atoms with van der Waals surface area (Å²) in [5.74, 6) is 1.90. The molecule has 2 heterocycles. The van der Waals surface area contributed by atoms with Crippen molar-refractivity contribution in [1.29, 1.82) is 0 Å². The third kappa shape index (κ3) is 5.88. The Morgan fingerprint density at radius 2 is 1.54 bits per heavy atom. The summed E-state index contributed by atoms with van der Waals surface area (Å²) in [5.41, 5.74) is 5.77. The number of rotatable bonds is 6. The Bertz CT molecular complexity index is 1230. The van der Waals surface area contributed by atoms with Crippen LogP contribution in [0, 0.1) is 5.82 Å². The molecule has 0 bridgehead atoms. The normalized spacial score (nSPS) is 16.6. The topological polar surface area (TPSA) is 51.2 Å². The van der Waals surface area contributed by atoms with Gasteiger partial charge in [-0.05, 0) is 66.3 Å². The number of nitrogens with zero attached hydrogens (tertiary/aromatic N) is 2. The maximum Gasteiger partial charge on any atom is 0.210 e. The van der Waals surface area contributed by atoms with Crippen LogP contribution in [0.25, 0.3) is 0 Å². The van der Waals surface area contributed by atoms with Crippen molar-refractivity contribution in [3.8, 4) is 17.2 Å². The number of ether oxygens (including phenoxy) is 3. The third-order valence-electron chi connectivity index (χ3n) is 7.25. The second-order valence-corrected chi connectivity index (χ2v) is 9.33. The van der Waals surface area contributed by atoms with Crippen LogP contribution in [0.3, 0.4) is 0 Å². The minimum Gasteiger partial charge on any atom is -0.496 e. The van der Waals surface area contributed by atoms with E-state index >= 15 is 0 Å². The van der Waals surface area contributed by atoms with Gasteiger partial charge in [0, 0.05) is 31.7 Å². The number of amides is 1. The van der Waals surface area contributed by atoms with Crippen molar-refractivity contribution in [2.24, 2.45) is 0 Å². The van der Waals surface area contributed by atoms with Crippen molar-refractivity contribution in [3.05, 3.63) is 88.2 Å². The Morgan fingerprint density at radius 3 is 2.24 bits per heavy atom. The Labute approximate surface area is 218 Å². The third-order valence-corrected chi connectivity index (χ3v) is 7.25. The molecule has 0 N–H and O–H groups in total. The monoisotopic (exact) mass is 506 g/mol. The van der Waals surface area contributed by atoms with Crippen molar-refractivity contribution in [3.63, 3.8) is 0 Å². The van der Waals surface area contributed by atoms with Gasteiger partial charge < -0.3 is 19.1 Å². The van der Waals surface area contributed by atoms with Gasteiger partial charge in [-0.25, -0.2) is 4.39 Å². The molecule has 1 atom stereocenters. The van der Waals surface area contributed by atoms with E-state index in [1.807, 2.05) is 25.1 Å². The Morgan fingerprint density at radius 1 is 0.865 bits per heavy atom. The van der Waals surface area contributed by atoms with Crippen molar-refractivity contribution in [2.75, 3.05) is 34.4 Å². The molecule has 1 amide bonds. The van der Waals surface area contributed by atoms with Crippen LogP contribution in [0.1, 0.15) is 40.8 Å². The predicted octanol–water partition coefficient (Wildman–Crippen LogP) is 5.17. The highest BCUT2D eigenvalue weighted by Crippen LogP contribution is 2.37. The minimum atomic E-state index is -0.191. The van der Waals surface area contributed by atoms with Crippen LogP contribution in [-0.4, -0.2) is 50.6 Å². The number of carbonyl (C=O) groups is 1. The summed E-state index contributed by atoms with van der Waals surface area (Å²) < 4.78 is 29.8. The first-order chi connectivity index (χ1) is 18.0. The van der Waals surface area contributed by atoms with Crippen molar-refractivity contribution in [1.82, 2.24) is 9.80 Å². The maximum absolute atomic E-state index is 14.0. The van der Waals surface area contributed by atoms with Crippen molar-refractivity contribution < 1.29 is 23.4 Å². The highest BCUT2D eigenvalue weighted by atomic mass is 19.1. The second-order valence-electron chi connectivity index (χ2n) is 9.33. The fourth-order valence-corrected chi connectivity index (χ4v) is 5.10. The molecule has 3 aromatic rings. The first-order valence-electron chi connectivity index (χ1n) is 12.5. The summed E-state index contributed by atoms with van der Waals surface area (Å²) in [5, 5.41) is 0. The number of benzene rings is 3. The molecule has 0 radical (unpaired) electrons. The lowest BCUT2D eigenvalue weighted by atomic mass is 9.93. The van der Waals surface area contributed by atoms with Gasteiger partial charge in [0.15, 0.2) is 11.5 Å². The van der Waals surface area contributed by atoms with E-state index in [1.54, 1.807) is 32.3 Å². The Hall–Kier alpha value is -3.58. The number of carbonyl (C=O) groups excluding carboxylic acids is 1. The van der Waals surface area contributed by atoms with Crippen LogP contribution in [0.4, 0.5) is 4.39 Å². The van der Waals surface area contributed by atoms with Crippen LogP contribution in [0.15, 0.2) is 54.6 Å². The lowest BCUT2D eigenvalue weighted by Crippen LogP contribution is -2.32. The number of hydrogen-bond acceptors (Lipinski definition) is 5. The average Bonchev–Trinajstić information content (AvgIpc) is 2.94. The zero-order valence-electron chi connectivity index (χ0n) is 22.0. The van der Waals surface area contributed by atoms with Gasteiger partial charge in [0.2, 0.25) is 6.41 Å². The smallest absolute Gasteiger partial charge is 0.210 e. The molecule has 0 fully saturated rings. The average molecular weight is 507 g/mol. The van der Waals surface area contributed by atoms with Gasteiger partial charge in [-0.1, -0.05) is 30.3 Å². The van der Waals surface area contributed by atoms with Gasteiger partial charge in [-0.2, -0.15) is 0 Å². The van der Waals surface area contributed by atoms with Crippen LogP contribution < -0.4 is 14.2 Å². The molecule has 0 saturated heterocycles. The fraction of sp³-hybridized carbons (Fsp3) is 0.367. The molecular weight excluding hydrogens is 471 g/mol. The Balaban J connectivity index is 0.000000176. The summed E-state index contributed by atoms with van der Waals surface area (Å²) in [6.07, 6.45) is 2.79. The van der Waals surface area contributed by atoms with E-state index in [0.29, 0.717) is 23.6 Å². The highest BCUT2D eigenvalue weighted by molar-refractivity contribution is 5.54. The zero-order chi connectivity index (χ0) is 26.4. The summed E-state index contributed by atoms with van der Waals surface area (Å²) in [6.45, 7) is 5.19. The van der Waals surface area contributed by atoms with E-state index in [-0.39, 0.29) is 11.9 Å². The zero-order valence-corrected chi connectivity index (χ0v) is 22.0. The summed E-state index contributed by atoms with van der Waals surface area (Å²) in [6, 6.07) is 17.5. The maximum atomic E-state index is 14.0. The molecule has 0 aromatic heterocycles. The van der Waals surface area contributed by atoms with E-state index in [1.165, 1.54) is 22.8 Å². The highest BCUT2D eigenvalue weighted by Gasteiger charge is 2.24. The largest absolute Gasteiger partial charge is 0.496 e. The molecule has 0 aliphatic carbocycles. The molecule has 0 spiro atoms. The number of methoxy groups -OCH3 is 3. The molecule has 5 rings (SSSR count). The second kappa shape index (κ2) is 12.1. The Kier molecular flexibility index (Phi) is 8.66.